The number of hydrogen-bond acceptors (Lipinski definition) is 3. The van der Waals surface area contributed by atoms with Crippen LogP contribution in [0.4, 0.5) is 5.82 Å². The van der Waals surface area contributed by atoms with Crippen molar-refractivity contribution in [3.63, 3.8) is 0 Å². The Hall–Kier alpha value is -1.09. The van der Waals surface area contributed by atoms with Gasteiger partial charge in [0.25, 0.3) is 0 Å². The molecular formula is C10H17N3. The molecule has 1 aromatic rings. The van der Waals surface area contributed by atoms with E-state index in [1.807, 2.05) is 19.1 Å². The van der Waals surface area contributed by atoms with Gasteiger partial charge >= 0.3 is 0 Å². The first kappa shape index (κ1) is 9.99. The SMILES string of the molecule is CCC(CN)Nc1ncccc1C. The van der Waals surface area contributed by atoms with E-state index in [4.69, 9.17) is 5.73 Å². The summed E-state index contributed by atoms with van der Waals surface area (Å²) in [6, 6.07) is 4.30. The second-order valence-corrected chi connectivity index (χ2v) is 3.15. The van der Waals surface area contributed by atoms with Crippen LogP contribution < -0.4 is 11.1 Å². The zero-order valence-corrected chi connectivity index (χ0v) is 8.25. The molecule has 1 aromatic heterocycles. The van der Waals surface area contributed by atoms with Crippen molar-refractivity contribution < 1.29 is 0 Å². The maximum atomic E-state index is 5.59. The van der Waals surface area contributed by atoms with Gasteiger partial charge in [-0.2, -0.15) is 0 Å². The molecule has 3 N–H and O–H groups in total. The smallest absolute Gasteiger partial charge is 0.129 e. The molecule has 0 aliphatic carbocycles. The van der Waals surface area contributed by atoms with Crippen LogP contribution in [0.1, 0.15) is 18.9 Å². The second kappa shape index (κ2) is 4.82. The van der Waals surface area contributed by atoms with Gasteiger partial charge in [0.2, 0.25) is 0 Å². The lowest BCUT2D eigenvalue weighted by atomic mass is 10.2. The van der Waals surface area contributed by atoms with Crippen molar-refractivity contribution in [2.75, 3.05) is 11.9 Å². The molecule has 0 saturated carbocycles. The Balaban J connectivity index is 2.67. The number of nitrogens with zero attached hydrogens (tertiary/aromatic N) is 1. The van der Waals surface area contributed by atoms with Crippen molar-refractivity contribution in [3.8, 4) is 0 Å². The van der Waals surface area contributed by atoms with Crippen LogP contribution in [0.25, 0.3) is 0 Å². The number of nitrogens with one attached hydrogen (secondary N) is 1. The van der Waals surface area contributed by atoms with E-state index in [1.54, 1.807) is 6.20 Å². The Kier molecular flexibility index (Phi) is 3.71. The highest BCUT2D eigenvalue weighted by molar-refractivity contribution is 5.43. The van der Waals surface area contributed by atoms with Gasteiger partial charge < -0.3 is 11.1 Å². The third kappa shape index (κ3) is 2.70. The highest BCUT2D eigenvalue weighted by Crippen LogP contribution is 2.10. The summed E-state index contributed by atoms with van der Waals surface area (Å²) in [6.45, 7) is 4.80. The Labute approximate surface area is 79.4 Å². The molecule has 0 aliphatic heterocycles. The van der Waals surface area contributed by atoms with E-state index in [-0.39, 0.29) is 0 Å². The van der Waals surface area contributed by atoms with Crippen LogP contribution in [-0.4, -0.2) is 17.6 Å². The lowest BCUT2D eigenvalue weighted by Crippen LogP contribution is -2.28. The minimum Gasteiger partial charge on any atom is -0.366 e. The van der Waals surface area contributed by atoms with Gasteiger partial charge in [-0.3, -0.25) is 0 Å². The van der Waals surface area contributed by atoms with Crippen LogP contribution in [0.5, 0.6) is 0 Å². The van der Waals surface area contributed by atoms with Crippen molar-refractivity contribution in [2.45, 2.75) is 26.3 Å². The second-order valence-electron chi connectivity index (χ2n) is 3.15. The predicted octanol–water partition coefficient (Wildman–Crippen LogP) is 1.54. The molecule has 3 heteroatoms. The average molecular weight is 179 g/mol. The summed E-state index contributed by atoms with van der Waals surface area (Å²) in [5, 5.41) is 3.31. The molecule has 3 nitrogen and oxygen atoms in total. The van der Waals surface area contributed by atoms with Crippen molar-refractivity contribution in [1.29, 1.82) is 0 Å². The highest BCUT2D eigenvalue weighted by atomic mass is 15.0. The van der Waals surface area contributed by atoms with Gasteiger partial charge in [0.05, 0.1) is 0 Å². The lowest BCUT2D eigenvalue weighted by molar-refractivity contribution is 0.699. The van der Waals surface area contributed by atoms with E-state index in [2.05, 4.69) is 17.2 Å². The molecule has 0 fully saturated rings. The number of pyridine rings is 1. The van der Waals surface area contributed by atoms with Crippen LogP contribution in [0.2, 0.25) is 0 Å². The molecule has 0 radical (unpaired) electrons. The first-order valence-electron chi connectivity index (χ1n) is 4.66. The average Bonchev–Trinajstić information content (AvgIpc) is 2.17. The fourth-order valence-corrected chi connectivity index (χ4v) is 1.16. The zero-order chi connectivity index (χ0) is 9.68. The highest BCUT2D eigenvalue weighted by Gasteiger charge is 2.05. The summed E-state index contributed by atoms with van der Waals surface area (Å²) >= 11 is 0. The van der Waals surface area contributed by atoms with Gasteiger partial charge in [0.15, 0.2) is 0 Å². The monoisotopic (exact) mass is 179 g/mol. The topological polar surface area (TPSA) is 50.9 Å². The summed E-state index contributed by atoms with van der Waals surface area (Å²) in [5.74, 6) is 0.944. The van der Waals surface area contributed by atoms with E-state index in [1.165, 1.54) is 0 Å². The van der Waals surface area contributed by atoms with E-state index in [0.29, 0.717) is 12.6 Å². The molecule has 1 heterocycles. The van der Waals surface area contributed by atoms with E-state index < -0.39 is 0 Å². The Bertz CT molecular complexity index is 256. The van der Waals surface area contributed by atoms with E-state index in [0.717, 1.165) is 17.8 Å². The van der Waals surface area contributed by atoms with Gasteiger partial charge in [-0.15, -0.1) is 0 Å². The Morgan fingerprint density at radius 1 is 1.62 bits per heavy atom. The van der Waals surface area contributed by atoms with Crippen LogP contribution in [0.15, 0.2) is 18.3 Å². The molecule has 0 amide bonds. The quantitative estimate of drug-likeness (QED) is 0.737. The summed E-state index contributed by atoms with van der Waals surface area (Å²) in [6.07, 6.45) is 2.81. The molecule has 0 aromatic carbocycles. The van der Waals surface area contributed by atoms with Gasteiger partial charge in [0.1, 0.15) is 5.82 Å². The normalized spacial score (nSPS) is 12.5. The van der Waals surface area contributed by atoms with Gasteiger partial charge in [-0.05, 0) is 25.0 Å². The summed E-state index contributed by atoms with van der Waals surface area (Å²) in [5.41, 5.74) is 6.75. The molecule has 13 heavy (non-hydrogen) atoms. The summed E-state index contributed by atoms with van der Waals surface area (Å²) < 4.78 is 0. The number of aromatic nitrogens is 1. The molecule has 0 aliphatic rings. The third-order valence-corrected chi connectivity index (χ3v) is 2.13. The lowest BCUT2D eigenvalue weighted by Gasteiger charge is -2.16. The molecule has 0 spiro atoms. The van der Waals surface area contributed by atoms with Gasteiger partial charge in [-0.1, -0.05) is 13.0 Å². The van der Waals surface area contributed by atoms with Crippen molar-refractivity contribution in [1.82, 2.24) is 4.98 Å². The predicted molar refractivity (Wildman–Crippen MR) is 55.7 cm³/mol. The largest absolute Gasteiger partial charge is 0.366 e. The molecule has 0 saturated heterocycles. The first-order valence-corrected chi connectivity index (χ1v) is 4.66. The van der Waals surface area contributed by atoms with Crippen LogP contribution in [-0.2, 0) is 0 Å². The van der Waals surface area contributed by atoms with Crippen molar-refractivity contribution >= 4 is 5.82 Å². The fraction of sp³-hybridized carbons (Fsp3) is 0.500. The van der Waals surface area contributed by atoms with E-state index >= 15 is 0 Å². The molecule has 1 atom stereocenters. The number of hydrogen-bond donors (Lipinski definition) is 2. The van der Waals surface area contributed by atoms with Gasteiger partial charge in [-0.25, -0.2) is 4.98 Å². The van der Waals surface area contributed by atoms with Crippen LogP contribution in [0, 0.1) is 6.92 Å². The van der Waals surface area contributed by atoms with Gasteiger partial charge in [0, 0.05) is 18.8 Å². The Morgan fingerprint density at radius 2 is 2.38 bits per heavy atom. The van der Waals surface area contributed by atoms with Crippen LogP contribution in [0.3, 0.4) is 0 Å². The maximum absolute atomic E-state index is 5.59. The number of nitrogens with two attached hydrogens (primary N) is 1. The molecule has 1 rings (SSSR count). The number of anilines is 1. The van der Waals surface area contributed by atoms with E-state index in [9.17, 15) is 0 Å². The van der Waals surface area contributed by atoms with Crippen molar-refractivity contribution in [2.24, 2.45) is 5.73 Å². The molecule has 72 valence electrons. The first-order chi connectivity index (χ1) is 6.27. The third-order valence-electron chi connectivity index (χ3n) is 2.13. The molecular weight excluding hydrogens is 162 g/mol. The maximum Gasteiger partial charge on any atom is 0.129 e. The van der Waals surface area contributed by atoms with Crippen molar-refractivity contribution in [3.05, 3.63) is 23.9 Å². The number of aryl methyl sites for hydroxylation is 1. The minimum absolute atomic E-state index is 0.327. The summed E-state index contributed by atoms with van der Waals surface area (Å²) in [4.78, 5) is 4.25. The summed E-state index contributed by atoms with van der Waals surface area (Å²) in [7, 11) is 0. The molecule has 1 unspecified atom stereocenters. The standard InChI is InChI=1S/C10H17N3/c1-3-9(7-11)13-10-8(2)5-4-6-12-10/h4-6,9H,3,7,11H2,1-2H3,(H,12,13). The zero-order valence-electron chi connectivity index (χ0n) is 8.25. The number of rotatable bonds is 4. The molecule has 0 bridgehead atoms. The Morgan fingerprint density at radius 3 is 2.92 bits per heavy atom. The minimum atomic E-state index is 0.327. The van der Waals surface area contributed by atoms with Crippen LogP contribution >= 0.6 is 0 Å². The fourth-order valence-electron chi connectivity index (χ4n) is 1.16.